The van der Waals surface area contributed by atoms with Gasteiger partial charge in [-0.1, -0.05) is 144 Å². The van der Waals surface area contributed by atoms with Crippen LogP contribution in [0.3, 0.4) is 0 Å². The minimum atomic E-state index is -3.67. The van der Waals surface area contributed by atoms with Gasteiger partial charge in [-0.3, -0.25) is 29.1 Å². The molecule has 0 amide bonds. The second kappa shape index (κ2) is 36.3. The normalized spacial score (nSPS) is 27.9. The summed E-state index contributed by atoms with van der Waals surface area (Å²) in [5.74, 6) is 17.2. The van der Waals surface area contributed by atoms with Gasteiger partial charge in [0.05, 0.1) is 76.0 Å². The molecule has 8 bridgehead atoms. The Bertz CT molecular complexity index is 6940. The molecule has 0 aromatic heterocycles. The predicted molar refractivity (Wildman–Crippen MR) is 549 cm³/mol. The van der Waals surface area contributed by atoms with E-state index >= 15 is 0 Å². The molecule has 4 fully saturated rings. The fourth-order valence-corrected chi connectivity index (χ4v) is 28.5. The summed E-state index contributed by atoms with van der Waals surface area (Å²) in [6, 6.07) is 38.8. The van der Waals surface area contributed by atoms with E-state index in [1.807, 2.05) is 25.1 Å². The highest BCUT2D eigenvalue weighted by atomic mass is 32.2. The number of allylic oxidation sites excluding steroid dienone is 8. The Labute approximate surface area is 829 Å². The predicted octanol–water partition coefficient (Wildman–Crippen LogP) is 16.3. The first-order valence-corrected chi connectivity index (χ1v) is 51.6. The van der Waals surface area contributed by atoms with Crippen LogP contribution in [-0.2, 0) is 102 Å². The standard InChI is InChI=1S/C21H21NO2.C21H21NO.C20H19NO.C19H21NO2.C18H19NO3.C18H19NO2.CH4O3S.CH4O/c1-4-10-22-11-9-21-15-7-8-17(23-3)20(21)24-19-13(2)5-6-14(18(19)21)12-16(15)22;1-4-8-22-9-7-16-10-13(2)11-17-19(16)18(22)12-15-6-5-14(3)21(23)20(15)17;1-3-8-21-9-7-15-10-13(2)11-16-19(15)17(21)12-14-5-4-6-18(22)20(14)16;1-11-4-5-12-10-14-13-6-7-15(21-3)18-19(13,8-9-20(14)2)16(12)17(11)22-18;1-19-8-7-18-11-4-6-14(21-2)17(18)22-16-13(20)5-3-10(15(16)18)9-12(11)19;1-10-3-4-11-9-13-12-5-6-14(20-2)17-18(12,7-8-19-13)15(11)16(10)21-17;1-5(2,3)4;1-2/h1,5-8,16,20H,9-12H2,2-3H3;1,5-6,10-11,18,23H,7-9,12H2,2-3H3;1,4-6,10-11,17,22H,7-9,12H2,2H3;4-7,14,18H,8-10H2,1-3H3;3-6,12,17,20H,7-9H2,1-2H3;3-6,13,17,19H,7-9H2,1-2H3;1H3,(H,2,3,4);2H,1H3/t16-,20+,21+;18-;17-;14-,18+,19+;12-,17+,18+;13-,17+,18+;;/m111111../s1. The smallest absolute Gasteiger partial charge is 0.261 e. The Balaban J connectivity index is 0.0000000989. The molecule has 8 aromatic carbocycles. The number of rotatable bonds is 7. The Hall–Kier alpha value is -12.2. The Morgan fingerprint density at radius 1 is 0.411 bits per heavy atom. The topological polar surface area (TPSA) is 237 Å². The number of hydrogen-bond donors (Lipinski definition) is 6. The molecule has 22 heteroatoms. The first-order chi connectivity index (χ1) is 68.1. The molecule has 4 saturated heterocycles. The number of aromatic hydroxyl groups is 3. The van der Waals surface area contributed by atoms with Crippen LogP contribution < -0.4 is 24.3 Å². The molecule has 21 nitrogen and oxygen atoms in total. The number of likely N-dealkylation sites (N-methyl/N-ethyl adjacent to an activating group) is 2. The SMILES string of the molecule is C#CCN1CC[C@@]23C4=CC=C(OC)[C@@H]2Oc2c(C)ccc(c23)C[C@H]41.C#CCN1CCc2cc(C)cc3c2[C@H]1Cc1ccc(C)c(O)c1-3.C#CCN1CCc2cc(C)cc3c2[C@H]1Cc1cccc(O)c1-3.CO.COC1=CC=C2[C@H]3Cc4ccc(C)c5c4[C@@]2(CCN3)[C@H]1O5.COC1=CC=C2[C@H]3Cc4ccc(C)c5c4[C@@]2(CCN3C)[C@H]1O5.COC1=CC=C2[C@H]3Cc4ccc(O)c5c4[C@@]2(CCN3C)[C@H]1O5.CS(=O)(=O)O. The monoisotopic (exact) mass is 1910 g/mol. The zero-order chi connectivity index (χ0) is 98.7. The molecule has 730 valence electrons. The zero-order valence-corrected chi connectivity index (χ0v) is 84.1. The summed E-state index contributed by atoms with van der Waals surface area (Å²) in [5, 5.41) is 42.0. The number of fused-ring (bicyclic) bond motifs is 4. The van der Waals surface area contributed by atoms with Gasteiger partial charge < -0.3 is 63.6 Å². The van der Waals surface area contributed by atoms with Gasteiger partial charge in [-0.2, -0.15) is 8.42 Å². The number of phenolic OH excluding ortho intramolecular Hbond substituents is 3. The first kappa shape index (κ1) is 95.0. The molecule has 10 aliphatic carbocycles. The number of hydrogen-bond acceptors (Lipinski definition) is 20. The maximum absolute atomic E-state index is 10.7. The van der Waals surface area contributed by atoms with Gasteiger partial charge in [0.1, 0.15) is 51.8 Å². The van der Waals surface area contributed by atoms with Gasteiger partial charge in [-0.05, 0) is 300 Å². The van der Waals surface area contributed by atoms with Crippen LogP contribution in [-0.4, -0.2) is 221 Å². The molecule has 0 radical (unpaired) electrons. The summed E-state index contributed by atoms with van der Waals surface area (Å²) in [5.41, 5.74) is 36.5. The lowest BCUT2D eigenvalue weighted by Gasteiger charge is -2.53. The zero-order valence-electron chi connectivity index (χ0n) is 83.3. The molecule has 8 aromatic rings. The van der Waals surface area contributed by atoms with Gasteiger partial charge in [0.25, 0.3) is 10.1 Å². The highest BCUT2D eigenvalue weighted by molar-refractivity contribution is 7.85. The van der Waals surface area contributed by atoms with Crippen molar-refractivity contribution in [1.29, 1.82) is 0 Å². The second-order valence-corrected chi connectivity index (χ2v) is 43.0. The van der Waals surface area contributed by atoms with Gasteiger partial charge in [0, 0.05) is 96.4 Å². The number of phenols is 3. The van der Waals surface area contributed by atoms with E-state index in [1.54, 1.807) is 40.6 Å². The lowest BCUT2D eigenvalue weighted by molar-refractivity contribution is 0.0698. The maximum Gasteiger partial charge on any atom is 0.261 e. The van der Waals surface area contributed by atoms with Crippen molar-refractivity contribution in [2.24, 2.45) is 0 Å². The third-order valence-electron chi connectivity index (χ3n) is 34.4. The van der Waals surface area contributed by atoms with Gasteiger partial charge in [-0.15, -0.1) is 19.3 Å². The van der Waals surface area contributed by atoms with Crippen molar-refractivity contribution in [3.05, 3.63) is 308 Å². The number of methoxy groups -OCH3 is 4. The molecule has 6 N–H and O–H groups in total. The maximum atomic E-state index is 10.7. The number of aliphatic hydroxyl groups is 1. The number of benzene rings is 8. The van der Waals surface area contributed by atoms with E-state index in [9.17, 15) is 23.7 Å². The third kappa shape index (κ3) is 14.7. The number of nitrogens with one attached hydrogen (secondary N) is 1. The van der Waals surface area contributed by atoms with E-state index in [0.29, 0.717) is 79.4 Å². The molecule has 0 unspecified atom stereocenters. The fourth-order valence-electron chi connectivity index (χ4n) is 28.5. The number of likely N-dealkylation sites (tertiary alicyclic amines) is 3. The summed E-state index contributed by atoms with van der Waals surface area (Å²) in [4.78, 5) is 12.2. The summed E-state index contributed by atoms with van der Waals surface area (Å²) in [6.45, 7) is 21.0. The molecule has 4 spiro atoms. The molecular weight excluding hydrogens is 1790 g/mol. The van der Waals surface area contributed by atoms with Crippen molar-refractivity contribution in [2.45, 2.75) is 201 Å². The second-order valence-electron chi connectivity index (χ2n) is 41.5. The average Bonchev–Trinajstić information content (AvgIpc) is 1.56. The molecule has 10 heterocycles. The van der Waals surface area contributed by atoms with Crippen LogP contribution in [0.5, 0.6) is 40.2 Å². The quantitative estimate of drug-likeness (QED) is 0.0642. The molecule has 20 aliphatic rings. The Morgan fingerprint density at radius 2 is 0.773 bits per heavy atom. The highest BCUT2D eigenvalue weighted by Gasteiger charge is 2.67. The Kier molecular flexibility index (Phi) is 24.5. The van der Waals surface area contributed by atoms with E-state index in [1.165, 1.54) is 139 Å². The van der Waals surface area contributed by atoms with Crippen molar-refractivity contribution in [2.75, 3.05) is 115 Å². The van der Waals surface area contributed by atoms with Crippen LogP contribution in [0.25, 0.3) is 22.3 Å². The van der Waals surface area contributed by atoms with Crippen molar-refractivity contribution < 1.29 is 71.3 Å². The number of terminal acetylenes is 3. The number of piperidine rings is 4. The first-order valence-electron chi connectivity index (χ1n) is 49.8. The largest absolute Gasteiger partial charge is 0.507 e. The van der Waals surface area contributed by atoms with E-state index in [2.05, 4.69) is 218 Å². The number of ether oxygens (including phenoxy) is 8. The fraction of sp³-hybridized carbons (Fsp3) is 0.412. The summed E-state index contributed by atoms with van der Waals surface area (Å²) in [7, 11) is 8.74. The van der Waals surface area contributed by atoms with Crippen LogP contribution in [0.1, 0.15) is 149 Å². The summed E-state index contributed by atoms with van der Waals surface area (Å²) in [6.07, 6.45) is 47.1. The minimum absolute atomic E-state index is 0.00491. The van der Waals surface area contributed by atoms with E-state index in [-0.39, 0.29) is 51.8 Å². The van der Waals surface area contributed by atoms with Crippen LogP contribution >= 0.6 is 0 Å². The molecule has 0 saturated carbocycles. The van der Waals surface area contributed by atoms with E-state index in [0.717, 1.165) is 180 Å². The summed E-state index contributed by atoms with van der Waals surface area (Å²) >= 11 is 0. The molecule has 10 aliphatic heterocycles. The van der Waals surface area contributed by atoms with Gasteiger partial charge in [-0.25, -0.2) is 0 Å². The number of aryl methyl sites for hydroxylation is 6. The Morgan fingerprint density at radius 3 is 1.23 bits per heavy atom. The lowest BCUT2D eigenvalue weighted by atomic mass is 9.57. The third-order valence-corrected chi connectivity index (χ3v) is 34.4. The average molecular weight is 1910 g/mol. The highest BCUT2D eigenvalue weighted by Crippen LogP contribution is 2.67. The van der Waals surface area contributed by atoms with Crippen molar-refractivity contribution >= 4 is 10.1 Å². The molecule has 14 atom stereocenters. The molecular formula is C119H128N6O15S. The van der Waals surface area contributed by atoms with Crippen LogP contribution in [0.4, 0.5) is 0 Å². The minimum Gasteiger partial charge on any atom is -0.507 e. The van der Waals surface area contributed by atoms with E-state index in [4.69, 9.17) is 66.8 Å². The summed E-state index contributed by atoms with van der Waals surface area (Å²) < 4.78 is 74.2. The van der Waals surface area contributed by atoms with Gasteiger partial charge in [0.2, 0.25) is 0 Å². The van der Waals surface area contributed by atoms with E-state index < -0.39 is 10.1 Å². The van der Waals surface area contributed by atoms with Crippen LogP contribution in [0, 0.1) is 78.6 Å². The van der Waals surface area contributed by atoms with Crippen molar-refractivity contribution in [1.82, 2.24) is 29.8 Å². The van der Waals surface area contributed by atoms with Crippen molar-refractivity contribution in [3.8, 4) is 99.5 Å². The number of aliphatic hydroxyl groups excluding tert-OH is 1. The van der Waals surface area contributed by atoms with Crippen LogP contribution in [0.2, 0.25) is 0 Å². The number of nitrogens with zero attached hydrogens (tertiary/aromatic N) is 5. The van der Waals surface area contributed by atoms with Gasteiger partial charge >= 0.3 is 0 Å². The van der Waals surface area contributed by atoms with Crippen molar-refractivity contribution in [3.63, 3.8) is 0 Å². The van der Waals surface area contributed by atoms with Crippen LogP contribution in [0.15, 0.2) is 197 Å². The molecule has 141 heavy (non-hydrogen) atoms. The lowest BCUT2D eigenvalue weighted by Crippen LogP contribution is -2.59. The molecule has 28 rings (SSSR count). The van der Waals surface area contributed by atoms with Gasteiger partial charge in [0.15, 0.2) is 35.9 Å².